The molecule has 0 aliphatic carbocycles. The van der Waals surface area contributed by atoms with Crippen LogP contribution in [0.15, 0.2) is 66.7 Å². The molecule has 1 heterocycles. The SMILES string of the molecule is CCOc1ccc(C[C@@]2(C)CCc3cc(-c4cccc(C(=O)O)c4)ccc3O2)cc1. The lowest BCUT2D eigenvalue weighted by Gasteiger charge is -2.36. The van der Waals surface area contributed by atoms with Crippen LogP contribution in [-0.2, 0) is 12.8 Å². The molecule has 3 aromatic rings. The number of rotatable bonds is 6. The number of hydrogen-bond donors (Lipinski definition) is 1. The first-order valence-electron chi connectivity index (χ1n) is 10.3. The highest BCUT2D eigenvalue weighted by Gasteiger charge is 2.32. The highest BCUT2D eigenvalue weighted by Crippen LogP contribution is 2.37. The lowest BCUT2D eigenvalue weighted by Crippen LogP contribution is -2.38. The highest BCUT2D eigenvalue weighted by molar-refractivity contribution is 5.89. The first kappa shape index (κ1) is 20.0. The fraction of sp³-hybridized carbons (Fsp3) is 0.269. The van der Waals surface area contributed by atoms with E-state index in [0.29, 0.717) is 12.2 Å². The molecule has 30 heavy (non-hydrogen) atoms. The Labute approximate surface area is 177 Å². The second-order valence-corrected chi connectivity index (χ2v) is 8.01. The van der Waals surface area contributed by atoms with Crippen molar-refractivity contribution in [3.63, 3.8) is 0 Å². The Bertz CT molecular complexity index is 1050. The van der Waals surface area contributed by atoms with Crippen LogP contribution in [0.2, 0.25) is 0 Å². The van der Waals surface area contributed by atoms with Gasteiger partial charge in [-0.05, 0) is 85.3 Å². The average Bonchev–Trinajstić information content (AvgIpc) is 2.75. The van der Waals surface area contributed by atoms with Crippen LogP contribution in [0.5, 0.6) is 11.5 Å². The van der Waals surface area contributed by atoms with Gasteiger partial charge in [-0.15, -0.1) is 0 Å². The van der Waals surface area contributed by atoms with Gasteiger partial charge >= 0.3 is 5.97 Å². The molecule has 0 saturated carbocycles. The van der Waals surface area contributed by atoms with Gasteiger partial charge < -0.3 is 14.6 Å². The zero-order valence-corrected chi connectivity index (χ0v) is 17.4. The van der Waals surface area contributed by atoms with Crippen molar-refractivity contribution in [3.05, 3.63) is 83.4 Å². The summed E-state index contributed by atoms with van der Waals surface area (Å²) in [5.41, 5.74) is 4.34. The first-order chi connectivity index (χ1) is 14.5. The van der Waals surface area contributed by atoms with E-state index in [1.807, 2.05) is 37.3 Å². The van der Waals surface area contributed by atoms with Gasteiger partial charge in [0, 0.05) is 6.42 Å². The van der Waals surface area contributed by atoms with Gasteiger partial charge in [-0.25, -0.2) is 4.79 Å². The summed E-state index contributed by atoms with van der Waals surface area (Å²) in [6.07, 6.45) is 2.68. The van der Waals surface area contributed by atoms with Gasteiger partial charge in [0.25, 0.3) is 0 Å². The van der Waals surface area contributed by atoms with Gasteiger partial charge in [-0.3, -0.25) is 0 Å². The van der Waals surface area contributed by atoms with Crippen LogP contribution in [0.3, 0.4) is 0 Å². The first-order valence-corrected chi connectivity index (χ1v) is 10.3. The Balaban J connectivity index is 1.51. The Morgan fingerprint density at radius 2 is 1.83 bits per heavy atom. The zero-order chi connectivity index (χ0) is 21.1. The predicted octanol–water partition coefficient (Wildman–Crippen LogP) is 5.78. The molecule has 4 nitrogen and oxygen atoms in total. The lowest BCUT2D eigenvalue weighted by atomic mass is 9.86. The van der Waals surface area contributed by atoms with E-state index < -0.39 is 5.97 Å². The summed E-state index contributed by atoms with van der Waals surface area (Å²) in [6.45, 7) is 4.81. The summed E-state index contributed by atoms with van der Waals surface area (Å²) < 4.78 is 12.0. The van der Waals surface area contributed by atoms with Gasteiger partial charge in [0.05, 0.1) is 12.2 Å². The van der Waals surface area contributed by atoms with E-state index in [4.69, 9.17) is 9.47 Å². The van der Waals surface area contributed by atoms with Crippen molar-refractivity contribution in [2.45, 2.75) is 38.7 Å². The molecule has 0 saturated heterocycles. The summed E-state index contributed by atoms with van der Waals surface area (Å²) in [5.74, 6) is 0.886. The Hall–Kier alpha value is -3.27. The summed E-state index contributed by atoms with van der Waals surface area (Å²) in [7, 11) is 0. The Morgan fingerprint density at radius 3 is 2.57 bits per heavy atom. The topological polar surface area (TPSA) is 55.8 Å². The standard InChI is InChI=1S/C26H26O4/c1-3-29-23-10-7-18(8-11-23)17-26(2)14-13-21-15-20(9-12-24(21)30-26)19-5-4-6-22(16-19)25(27)28/h4-12,15-16H,3,13-14,17H2,1-2H3,(H,27,28)/t26-/m1/s1. The molecular weight excluding hydrogens is 376 g/mol. The third kappa shape index (κ3) is 4.33. The van der Waals surface area contributed by atoms with Crippen molar-refractivity contribution in [1.82, 2.24) is 0 Å². The molecule has 0 radical (unpaired) electrons. The maximum atomic E-state index is 11.3. The van der Waals surface area contributed by atoms with E-state index in [1.165, 1.54) is 5.56 Å². The molecule has 0 spiro atoms. The van der Waals surface area contributed by atoms with E-state index in [-0.39, 0.29) is 5.60 Å². The minimum absolute atomic E-state index is 0.259. The number of ether oxygens (including phenoxy) is 2. The van der Waals surface area contributed by atoms with Gasteiger partial charge in [0.2, 0.25) is 0 Å². The van der Waals surface area contributed by atoms with Gasteiger partial charge in [-0.2, -0.15) is 0 Å². The molecule has 4 heteroatoms. The molecule has 4 rings (SSSR count). The largest absolute Gasteiger partial charge is 0.494 e. The summed E-state index contributed by atoms with van der Waals surface area (Å²) in [4.78, 5) is 11.3. The summed E-state index contributed by atoms with van der Waals surface area (Å²) >= 11 is 0. The quantitative estimate of drug-likeness (QED) is 0.568. The number of carboxylic acid groups (broad SMARTS) is 1. The Morgan fingerprint density at radius 1 is 1.07 bits per heavy atom. The molecule has 0 aromatic heterocycles. The molecule has 3 aromatic carbocycles. The molecule has 1 aliphatic heterocycles. The monoisotopic (exact) mass is 402 g/mol. The maximum absolute atomic E-state index is 11.3. The fourth-order valence-electron chi connectivity index (χ4n) is 4.03. The molecule has 0 bridgehead atoms. The third-order valence-corrected chi connectivity index (χ3v) is 5.60. The van der Waals surface area contributed by atoms with Crippen molar-refractivity contribution in [2.75, 3.05) is 6.61 Å². The summed E-state index contributed by atoms with van der Waals surface area (Å²) in [6, 6.07) is 21.4. The number of carbonyl (C=O) groups is 1. The van der Waals surface area contributed by atoms with Crippen molar-refractivity contribution < 1.29 is 19.4 Å². The smallest absolute Gasteiger partial charge is 0.335 e. The number of aryl methyl sites for hydroxylation is 1. The van der Waals surface area contributed by atoms with Gasteiger partial charge in [-0.1, -0.05) is 30.3 Å². The molecule has 1 atom stereocenters. The van der Waals surface area contributed by atoms with Crippen molar-refractivity contribution in [2.24, 2.45) is 0 Å². The summed E-state index contributed by atoms with van der Waals surface area (Å²) in [5, 5.41) is 9.24. The highest BCUT2D eigenvalue weighted by atomic mass is 16.5. The molecular formula is C26H26O4. The minimum atomic E-state index is -0.914. The Kier molecular flexibility index (Phi) is 5.49. The number of hydrogen-bond acceptors (Lipinski definition) is 3. The number of benzene rings is 3. The van der Waals surface area contributed by atoms with Crippen LogP contribution in [0.4, 0.5) is 0 Å². The fourth-order valence-corrected chi connectivity index (χ4v) is 4.03. The minimum Gasteiger partial charge on any atom is -0.494 e. The van der Waals surface area contributed by atoms with E-state index in [9.17, 15) is 9.90 Å². The third-order valence-electron chi connectivity index (χ3n) is 5.60. The van der Waals surface area contributed by atoms with E-state index in [0.717, 1.165) is 47.5 Å². The normalized spacial score (nSPS) is 17.7. The van der Waals surface area contributed by atoms with Crippen molar-refractivity contribution >= 4 is 5.97 Å². The van der Waals surface area contributed by atoms with Gasteiger partial charge in [0.1, 0.15) is 17.1 Å². The molecule has 0 fully saturated rings. The van der Waals surface area contributed by atoms with E-state index in [2.05, 4.69) is 25.1 Å². The van der Waals surface area contributed by atoms with Gasteiger partial charge in [0.15, 0.2) is 0 Å². The second kappa shape index (κ2) is 8.23. The van der Waals surface area contributed by atoms with Crippen LogP contribution in [0.1, 0.15) is 41.8 Å². The van der Waals surface area contributed by atoms with Crippen LogP contribution in [-0.4, -0.2) is 23.3 Å². The molecule has 1 aliphatic rings. The number of carboxylic acids is 1. The molecule has 0 amide bonds. The average molecular weight is 402 g/mol. The van der Waals surface area contributed by atoms with E-state index >= 15 is 0 Å². The predicted molar refractivity (Wildman–Crippen MR) is 118 cm³/mol. The van der Waals surface area contributed by atoms with Crippen LogP contribution in [0.25, 0.3) is 11.1 Å². The van der Waals surface area contributed by atoms with Crippen molar-refractivity contribution in [1.29, 1.82) is 0 Å². The molecule has 154 valence electrons. The van der Waals surface area contributed by atoms with Crippen LogP contribution >= 0.6 is 0 Å². The zero-order valence-electron chi connectivity index (χ0n) is 17.4. The molecule has 0 unspecified atom stereocenters. The van der Waals surface area contributed by atoms with Crippen LogP contribution in [0, 0.1) is 0 Å². The van der Waals surface area contributed by atoms with Crippen molar-refractivity contribution in [3.8, 4) is 22.6 Å². The molecule has 1 N–H and O–H groups in total. The number of aromatic carboxylic acids is 1. The maximum Gasteiger partial charge on any atom is 0.335 e. The number of fused-ring (bicyclic) bond motifs is 1. The van der Waals surface area contributed by atoms with E-state index in [1.54, 1.807) is 18.2 Å². The lowest BCUT2D eigenvalue weighted by molar-refractivity contribution is 0.0653. The van der Waals surface area contributed by atoms with Crippen LogP contribution < -0.4 is 9.47 Å². The second-order valence-electron chi connectivity index (χ2n) is 8.01.